The van der Waals surface area contributed by atoms with Gasteiger partial charge in [-0.25, -0.2) is 9.36 Å². The van der Waals surface area contributed by atoms with Crippen LogP contribution in [0.3, 0.4) is 0 Å². The molecular weight excluding hydrogens is 1020 g/mol. The number of halogens is 5. The monoisotopic (exact) mass is 1050 g/mol. The van der Waals surface area contributed by atoms with Crippen molar-refractivity contribution >= 4 is 129 Å². The van der Waals surface area contributed by atoms with Crippen LogP contribution in [0.1, 0.15) is 36.2 Å². The molecule has 0 saturated heterocycles. The molecule has 2 aromatic heterocycles. The van der Waals surface area contributed by atoms with E-state index in [0.717, 1.165) is 29.5 Å². The molecule has 0 atom stereocenters. The number of aromatic hydroxyl groups is 1. The Kier molecular flexibility index (Phi) is 14.4. The molecule has 5 N–H and O–H groups in total. The fourth-order valence-corrected chi connectivity index (χ4v) is 5.36. The molecule has 0 unspecified atom stereocenters. The third-order valence-corrected chi connectivity index (χ3v) is 7.46. The largest absolute Gasteiger partial charge is 0.508 e. The number of fused-ring (bicyclic) bond motifs is 2. The van der Waals surface area contributed by atoms with Crippen LogP contribution < -0.4 is 16.2 Å². The van der Waals surface area contributed by atoms with Crippen molar-refractivity contribution < 1.29 is 20.8 Å². The van der Waals surface area contributed by atoms with Crippen molar-refractivity contribution in [3.05, 3.63) is 103 Å². The molecule has 0 aliphatic heterocycles. The zero-order valence-corrected chi connectivity index (χ0v) is 33.9. The summed E-state index contributed by atoms with van der Waals surface area (Å²) in [7, 11) is 1.58. The van der Waals surface area contributed by atoms with Gasteiger partial charge in [0.2, 0.25) is 0 Å². The highest BCUT2D eigenvalue weighted by molar-refractivity contribution is 14.1. The lowest BCUT2D eigenvalue weighted by Crippen LogP contribution is -2.12. The quantitative estimate of drug-likeness (QED) is 0.117. The predicted octanol–water partition coefficient (Wildman–Crippen LogP) is 8.35. The minimum Gasteiger partial charge on any atom is -0.508 e. The highest BCUT2D eigenvalue weighted by Crippen LogP contribution is 2.28. The Hall–Kier alpha value is -2.68. The summed E-state index contributed by atoms with van der Waals surface area (Å²) >= 11 is 13.8. The maximum Gasteiger partial charge on any atom is 0.369 e. The van der Waals surface area contributed by atoms with E-state index >= 15 is 0 Å². The first-order chi connectivity index (χ1) is 22.8. The summed E-state index contributed by atoms with van der Waals surface area (Å²) in [5.74, 6) is -0.447. The van der Waals surface area contributed by atoms with Gasteiger partial charge in [0.25, 0.3) is 11.8 Å². The van der Waals surface area contributed by atoms with Crippen LogP contribution in [0.2, 0.25) is 0 Å². The zero-order valence-electron chi connectivity index (χ0n) is 25.9. The van der Waals surface area contributed by atoms with Gasteiger partial charge in [0.05, 0.1) is 29.5 Å². The summed E-state index contributed by atoms with van der Waals surface area (Å²) in [6.07, 6.45) is 0. The number of hydrogen-bond acceptors (Lipinski definition) is 6. The molecule has 0 fully saturated rings. The fourth-order valence-electron chi connectivity index (χ4n) is 4.30. The average Bonchev–Trinajstić information content (AvgIpc) is 3.60. The van der Waals surface area contributed by atoms with Crippen LogP contribution in [0, 0.1) is 7.14 Å². The minimum atomic E-state index is -0.620. The number of rotatable bonds is 5. The van der Waals surface area contributed by atoms with Crippen LogP contribution in [-0.2, 0) is 0 Å². The molecule has 10 nitrogen and oxygen atoms in total. The summed E-state index contributed by atoms with van der Waals surface area (Å²) in [4.78, 5) is 23.1. The third kappa shape index (κ3) is 10.2. The molecule has 0 bridgehead atoms. The normalized spacial score (nSPS) is 10.4. The number of carbonyl (C=O) groups is 2. The molecule has 244 valence electrons. The summed E-state index contributed by atoms with van der Waals surface area (Å²) in [5.41, 5.74) is 14.4. The maximum absolute atomic E-state index is 11.6. The second-order valence-electron chi connectivity index (χ2n) is 9.04. The van der Waals surface area contributed by atoms with Gasteiger partial charge >= 0.3 is 3.18 Å². The first kappa shape index (κ1) is 37.1. The smallest absolute Gasteiger partial charge is 0.369 e. The lowest BCUT2D eigenvalue weighted by Gasteiger charge is -2.04. The van der Waals surface area contributed by atoms with Crippen molar-refractivity contribution in [2.24, 2.45) is 11.5 Å². The molecule has 0 spiro atoms. The molecule has 6 rings (SSSR count). The zero-order chi connectivity index (χ0) is 35.5. The SMILES string of the molecule is BrB(Br)Br.COc1ccc2c(c1)c(C(N)=O)nn2-c1cccc(I)c1.NC(=O)c1nn(-c2cccc(I)c2)c2ccc(O)cc12.[2H]CC. The fraction of sp³-hybridized carbons (Fsp3) is 0.0968. The first-order valence-corrected chi connectivity index (χ1v) is 18.3. The van der Waals surface area contributed by atoms with Crippen molar-refractivity contribution in [1.82, 2.24) is 19.6 Å². The van der Waals surface area contributed by atoms with Gasteiger partial charge in [0.1, 0.15) is 11.5 Å². The molecule has 2 heterocycles. The van der Waals surface area contributed by atoms with E-state index in [-0.39, 0.29) is 20.3 Å². The van der Waals surface area contributed by atoms with Crippen LogP contribution >= 0.6 is 92.5 Å². The average molecular weight is 1050 g/mol. The topological polar surface area (TPSA) is 151 Å². The molecule has 6 aromatic rings. The van der Waals surface area contributed by atoms with E-state index in [0.29, 0.717) is 23.4 Å². The van der Waals surface area contributed by atoms with Crippen molar-refractivity contribution in [2.45, 2.75) is 13.8 Å². The molecule has 47 heavy (non-hydrogen) atoms. The number of carbonyl (C=O) groups excluding carboxylic acids is 2. The van der Waals surface area contributed by atoms with E-state index in [4.69, 9.17) is 17.6 Å². The number of phenols is 1. The van der Waals surface area contributed by atoms with E-state index in [9.17, 15) is 14.7 Å². The highest BCUT2D eigenvalue weighted by Gasteiger charge is 2.18. The Morgan fingerprint density at radius 3 is 1.64 bits per heavy atom. The number of nitrogens with zero attached hydrogens (tertiary/aromatic N) is 4. The minimum absolute atomic E-state index is 0.0715. The van der Waals surface area contributed by atoms with E-state index < -0.39 is 11.8 Å². The molecule has 4 aromatic carbocycles. The van der Waals surface area contributed by atoms with E-state index in [2.05, 4.69) is 103 Å². The standard InChI is InChI=1S/C15H12IN3O2.C14H10IN3O2.C2H6.BBr3/c1-21-11-5-6-13-12(8-11)14(15(17)20)18-19(13)10-4-2-3-9(16)7-10;15-8-2-1-3-9(6-8)18-12-5-4-10(19)7-11(12)13(17-18)14(16)20;1-2;2-1(3)4/h2-8H,1H3,(H2,17,20);1-7,19H,(H2,16,20);1-2H3;/i;;1D;. The maximum atomic E-state index is 11.6. The van der Waals surface area contributed by atoms with Gasteiger partial charge in [-0.1, -0.05) is 26.0 Å². The van der Waals surface area contributed by atoms with Crippen LogP contribution in [-0.4, -0.2) is 46.8 Å². The van der Waals surface area contributed by atoms with Gasteiger partial charge in [0, 0.05) is 19.3 Å². The van der Waals surface area contributed by atoms with Crippen LogP contribution in [0.4, 0.5) is 0 Å². The van der Waals surface area contributed by atoms with Crippen molar-refractivity contribution in [2.75, 3.05) is 7.11 Å². The van der Waals surface area contributed by atoms with E-state index in [1.54, 1.807) is 41.6 Å². The molecule has 0 saturated carbocycles. The molecule has 2 amide bonds. The molecule has 0 radical (unpaired) electrons. The lowest BCUT2D eigenvalue weighted by molar-refractivity contribution is 0.0988. The third-order valence-electron chi connectivity index (χ3n) is 6.12. The first-order valence-electron chi connectivity index (χ1n) is 14.1. The summed E-state index contributed by atoms with van der Waals surface area (Å²) in [5, 5.41) is 19.4. The highest BCUT2D eigenvalue weighted by atomic mass is 127. The Morgan fingerprint density at radius 1 is 0.809 bits per heavy atom. The van der Waals surface area contributed by atoms with Gasteiger partial charge in [-0.05, 0) is 118 Å². The van der Waals surface area contributed by atoms with Crippen molar-refractivity contribution in [1.29, 1.82) is 0 Å². The number of aromatic nitrogens is 4. The lowest BCUT2D eigenvalue weighted by atomic mass is 10.2. The van der Waals surface area contributed by atoms with Gasteiger partial charge in [-0.3, -0.25) is 9.59 Å². The van der Waals surface area contributed by atoms with Crippen molar-refractivity contribution in [3.63, 3.8) is 0 Å². The Morgan fingerprint density at radius 2 is 1.23 bits per heavy atom. The Labute approximate surface area is 325 Å². The number of phenolic OH excluding ortho intramolecular Hbond substituents is 1. The molecular formula is C31H28BBr3I2N6O4. The van der Waals surface area contributed by atoms with E-state index in [1.807, 2.05) is 60.7 Å². The number of nitrogens with two attached hydrogens (primary N) is 2. The predicted molar refractivity (Wildman–Crippen MR) is 217 cm³/mol. The number of ether oxygens (including phenoxy) is 1. The van der Waals surface area contributed by atoms with Gasteiger partial charge < -0.3 is 21.3 Å². The summed E-state index contributed by atoms with van der Waals surface area (Å²) in [6, 6.07) is 25.8. The number of methoxy groups -OCH3 is 1. The second kappa shape index (κ2) is 18.2. The van der Waals surface area contributed by atoms with Gasteiger partial charge in [-0.15, -0.1) is 47.3 Å². The number of primary amides is 2. The number of hydrogen-bond donors (Lipinski definition) is 3. The molecule has 0 aliphatic carbocycles. The van der Waals surface area contributed by atoms with E-state index in [1.165, 1.54) is 6.07 Å². The van der Waals surface area contributed by atoms with Gasteiger partial charge in [-0.2, -0.15) is 10.2 Å². The van der Waals surface area contributed by atoms with Crippen LogP contribution in [0.5, 0.6) is 11.5 Å². The Bertz CT molecular complexity index is 2040. The van der Waals surface area contributed by atoms with Gasteiger partial charge in [0.15, 0.2) is 11.4 Å². The second-order valence-corrected chi connectivity index (χ2v) is 18.0. The number of amides is 2. The van der Waals surface area contributed by atoms with Crippen LogP contribution in [0.25, 0.3) is 33.2 Å². The molecule has 16 heteroatoms. The van der Waals surface area contributed by atoms with Crippen molar-refractivity contribution in [3.8, 4) is 22.9 Å². The van der Waals surface area contributed by atoms with Crippen LogP contribution in [0.15, 0.2) is 84.9 Å². The summed E-state index contributed by atoms with van der Waals surface area (Å²) < 4.78 is 17.2. The Balaban J connectivity index is 0.000000219. The summed E-state index contributed by atoms with van der Waals surface area (Å²) in [6.45, 7) is 2.29. The number of benzene rings is 4. The molecule has 0 aliphatic rings.